The smallest absolute Gasteiger partial charge is 0.216 e. The molecule has 1 aromatic heterocycles. The molecule has 3 rings (SSSR count). The average Bonchev–Trinajstić information content (AvgIpc) is 2.93. The van der Waals surface area contributed by atoms with Gasteiger partial charge in [0.15, 0.2) is 0 Å². The molecule has 1 N–H and O–H groups in total. The zero-order valence-corrected chi connectivity index (χ0v) is 15.5. The van der Waals surface area contributed by atoms with Crippen molar-refractivity contribution >= 4 is 21.4 Å². The summed E-state index contributed by atoms with van der Waals surface area (Å²) in [6, 6.07) is 12.3. The summed E-state index contributed by atoms with van der Waals surface area (Å²) >= 11 is 1.41. The number of nitrogens with zero attached hydrogens (tertiary/aromatic N) is 1. The van der Waals surface area contributed by atoms with Crippen LogP contribution in [0.1, 0.15) is 16.1 Å². The van der Waals surface area contributed by atoms with Crippen molar-refractivity contribution in [2.75, 3.05) is 0 Å². The van der Waals surface area contributed by atoms with Crippen molar-refractivity contribution in [3.63, 3.8) is 0 Å². The van der Waals surface area contributed by atoms with Gasteiger partial charge in [0.2, 0.25) is 10.0 Å². The van der Waals surface area contributed by atoms with E-state index >= 15 is 0 Å². The van der Waals surface area contributed by atoms with Gasteiger partial charge in [0.1, 0.15) is 16.6 Å². The lowest BCUT2D eigenvalue weighted by Gasteiger charge is -2.06. The van der Waals surface area contributed by atoms with Gasteiger partial charge in [-0.25, -0.2) is 26.9 Å². The van der Waals surface area contributed by atoms with E-state index in [0.29, 0.717) is 6.07 Å². The van der Waals surface area contributed by atoms with Crippen LogP contribution in [0, 0.1) is 18.6 Å². The second kappa shape index (κ2) is 7.61. The molecule has 4 nitrogen and oxygen atoms in total. The predicted molar refractivity (Wildman–Crippen MR) is 98.1 cm³/mol. The zero-order chi connectivity index (χ0) is 18.7. The molecule has 0 unspecified atom stereocenters. The summed E-state index contributed by atoms with van der Waals surface area (Å²) in [5.74, 6) is -2.10. The maximum atomic E-state index is 13.2. The Morgan fingerprint density at radius 1 is 1.08 bits per heavy atom. The molecule has 1 heterocycles. The van der Waals surface area contributed by atoms with Gasteiger partial charge in [-0.05, 0) is 24.6 Å². The van der Waals surface area contributed by atoms with Gasteiger partial charge in [-0.1, -0.05) is 30.3 Å². The molecule has 2 aromatic carbocycles. The van der Waals surface area contributed by atoms with Crippen LogP contribution < -0.4 is 4.72 Å². The highest BCUT2D eigenvalue weighted by Crippen LogP contribution is 2.27. The highest BCUT2D eigenvalue weighted by molar-refractivity contribution is 7.88. The number of sulfonamides is 1. The van der Waals surface area contributed by atoms with Gasteiger partial charge < -0.3 is 0 Å². The van der Waals surface area contributed by atoms with Crippen LogP contribution in [0.5, 0.6) is 0 Å². The van der Waals surface area contributed by atoms with E-state index in [0.717, 1.165) is 33.3 Å². The third-order valence-electron chi connectivity index (χ3n) is 3.65. The first-order valence-electron chi connectivity index (χ1n) is 7.76. The third kappa shape index (κ3) is 4.72. The molecule has 0 amide bonds. The molecule has 0 atom stereocenters. The Morgan fingerprint density at radius 3 is 2.38 bits per heavy atom. The van der Waals surface area contributed by atoms with Crippen LogP contribution in [0.15, 0.2) is 48.5 Å². The number of benzene rings is 2. The van der Waals surface area contributed by atoms with Crippen LogP contribution in [0.3, 0.4) is 0 Å². The highest BCUT2D eigenvalue weighted by atomic mass is 32.2. The fraction of sp³-hybridized carbons (Fsp3) is 0.167. The first-order chi connectivity index (χ1) is 12.3. The van der Waals surface area contributed by atoms with Gasteiger partial charge in [0, 0.05) is 23.1 Å². The number of thiazole rings is 1. The standard InChI is InChI=1S/C18H16F2N2O2S2/c1-12-17(25-18(22-12)14-5-3-2-4-6-14)10-21-26(23,24)11-13-7-15(19)9-16(20)8-13/h2-9,21H,10-11H2,1H3. The molecule has 0 aliphatic carbocycles. The predicted octanol–water partition coefficient (Wildman–Crippen LogP) is 4.02. The van der Waals surface area contributed by atoms with Gasteiger partial charge >= 0.3 is 0 Å². The number of hydrogen-bond acceptors (Lipinski definition) is 4. The maximum absolute atomic E-state index is 13.2. The molecule has 136 valence electrons. The summed E-state index contributed by atoms with van der Waals surface area (Å²) in [5.41, 5.74) is 1.76. The number of halogens is 2. The van der Waals surface area contributed by atoms with E-state index in [1.807, 2.05) is 37.3 Å². The van der Waals surface area contributed by atoms with E-state index in [1.165, 1.54) is 11.3 Å². The molecule has 0 aliphatic rings. The number of hydrogen-bond donors (Lipinski definition) is 1. The Hall–Kier alpha value is -2.16. The van der Waals surface area contributed by atoms with Crippen molar-refractivity contribution in [3.05, 3.63) is 76.3 Å². The number of nitrogens with one attached hydrogen (secondary N) is 1. The molecule has 0 fully saturated rings. The molecule has 0 saturated carbocycles. The molecule has 3 aromatic rings. The summed E-state index contributed by atoms with van der Waals surface area (Å²) in [5, 5.41) is 0.810. The SMILES string of the molecule is Cc1nc(-c2ccccc2)sc1CNS(=O)(=O)Cc1cc(F)cc(F)c1. The fourth-order valence-electron chi connectivity index (χ4n) is 2.44. The Morgan fingerprint density at radius 2 is 1.73 bits per heavy atom. The molecule has 8 heteroatoms. The summed E-state index contributed by atoms with van der Waals surface area (Å²) < 4.78 is 53.3. The largest absolute Gasteiger partial charge is 0.241 e. The third-order valence-corrected chi connectivity index (χ3v) is 6.15. The Bertz CT molecular complexity index is 999. The van der Waals surface area contributed by atoms with Crippen molar-refractivity contribution < 1.29 is 17.2 Å². The maximum Gasteiger partial charge on any atom is 0.216 e. The van der Waals surface area contributed by atoms with Gasteiger partial charge in [-0.3, -0.25) is 0 Å². The van der Waals surface area contributed by atoms with Crippen LogP contribution in [-0.4, -0.2) is 13.4 Å². The molecule has 0 saturated heterocycles. The zero-order valence-electron chi connectivity index (χ0n) is 13.9. The lowest BCUT2D eigenvalue weighted by atomic mass is 10.2. The monoisotopic (exact) mass is 394 g/mol. The summed E-state index contributed by atoms with van der Waals surface area (Å²) in [6.07, 6.45) is 0. The van der Waals surface area contributed by atoms with Crippen LogP contribution in [0.2, 0.25) is 0 Å². The average molecular weight is 394 g/mol. The van der Waals surface area contributed by atoms with Gasteiger partial charge in [0.25, 0.3) is 0 Å². The molecule has 26 heavy (non-hydrogen) atoms. The molecule has 0 aliphatic heterocycles. The van der Waals surface area contributed by atoms with Crippen LogP contribution in [0.25, 0.3) is 10.6 Å². The van der Waals surface area contributed by atoms with Gasteiger partial charge in [0.05, 0.1) is 11.4 Å². The number of aryl methyl sites for hydroxylation is 1. The quantitative estimate of drug-likeness (QED) is 0.687. The van der Waals surface area contributed by atoms with Crippen LogP contribution in [0.4, 0.5) is 8.78 Å². The summed E-state index contributed by atoms with van der Waals surface area (Å²) in [7, 11) is -3.74. The second-order valence-corrected chi connectivity index (χ2v) is 8.64. The van der Waals surface area contributed by atoms with Crippen LogP contribution >= 0.6 is 11.3 Å². The summed E-state index contributed by atoms with van der Waals surface area (Å²) in [4.78, 5) is 5.26. The van der Waals surface area contributed by atoms with E-state index in [2.05, 4.69) is 9.71 Å². The second-order valence-electron chi connectivity index (χ2n) is 5.75. The van der Waals surface area contributed by atoms with E-state index in [1.54, 1.807) is 0 Å². The van der Waals surface area contributed by atoms with Crippen molar-refractivity contribution in [2.24, 2.45) is 0 Å². The lowest BCUT2D eigenvalue weighted by Crippen LogP contribution is -2.24. The van der Waals surface area contributed by atoms with Gasteiger partial charge in [-0.2, -0.15) is 0 Å². The minimum absolute atomic E-state index is 0.0565. The highest BCUT2D eigenvalue weighted by Gasteiger charge is 2.16. The van der Waals surface area contributed by atoms with E-state index in [4.69, 9.17) is 0 Å². The number of rotatable bonds is 6. The Balaban J connectivity index is 1.71. The van der Waals surface area contributed by atoms with E-state index in [-0.39, 0.29) is 12.1 Å². The van der Waals surface area contributed by atoms with Crippen molar-refractivity contribution in [1.82, 2.24) is 9.71 Å². The minimum atomic E-state index is -3.74. The molecular weight excluding hydrogens is 378 g/mol. The van der Waals surface area contributed by atoms with Gasteiger partial charge in [-0.15, -0.1) is 11.3 Å². The van der Waals surface area contributed by atoms with Crippen molar-refractivity contribution in [2.45, 2.75) is 19.2 Å². The molecular formula is C18H16F2N2O2S2. The topological polar surface area (TPSA) is 59.1 Å². The summed E-state index contributed by atoms with van der Waals surface area (Å²) in [6.45, 7) is 1.89. The molecule has 0 spiro atoms. The Labute approximate surface area is 154 Å². The first-order valence-corrected chi connectivity index (χ1v) is 10.2. The first kappa shape index (κ1) is 18.6. The molecule has 0 radical (unpaired) electrons. The van der Waals surface area contributed by atoms with Crippen molar-refractivity contribution in [1.29, 1.82) is 0 Å². The van der Waals surface area contributed by atoms with Crippen LogP contribution in [-0.2, 0) is 22.3 Å². The minimum Gasteiger partial charge on any atom is -0.241 e. The lowest BCUT2D eigenvalue weighted by molar-refractivity contribution is 0.574. The molecule has 0 bridgehead atoms. The normalized spacial score (nSPS) is 11.7. The van der Waals surface area contributed by atoms with E-state index < -0.39 is 27.4 Å². The van der Waals surface area contributed by atoms with E-state index in [9.17, 15) is 17.2 Å². The number of aromatic nitrogens is 1. The fourth-order valence-corrected chi connectivity index (χ4v) is 4.61. The van der Waals surface area contributed by atoms with Crippen molar-refractivity contribution in [3.8, 4) is 10.6 Å². The Kier molecular flexibility index (Phi) is 5.45.